The topological polar surface area (TPSA) is 64.9 Å². The number of fused-ring (bicyclic) bond motifs is 3. The predicted molar refractivity (Wildman–Crippen MR) is 184 cm³/mol. The molecule has 0 amide bonds. The lowest BCUT2D eigenvalue weighted by molar-refractivity contribution is 0.413. The lowest BCUT2D eigenvalue weighted by Crippen LogP contribution is -2.18. The van der Waals surface area contributed by atoms with Gasteiger partial charge in [0.1, 0.15) is 5.75 Å². The second-order valence-corrected chi connectivity index (χ2v) is 11.3. The highest BCUT2D eigenvalue weighted by Gasteiger charge is 2.10. The molecule has 2 aromatic heterocycles. The predicted octanol–water partition coefficient (Wildman–Crippen LogP) is 9.20. The maximum absolute atomic E-state index is 5.27. The summed E-state index contributed by atoms with van der Waals surface area (Å²) in [5.74, 6) is 0.895. The van der Waals surface area contributed by atoms with E-state index in [1.165, 1.54) is 55.1 Å². The second-order valence-electron chi connectivity index (χ2n) is 11.3. The number of aromatic amines is 2. The van der Waals surface area contributed by atoms with Crippen LogP contribution in [0.3, 0.4) is 0 Å². The number of aromatic nitrogens is 2. The molecule has 0 radical (unpaired) electrons. The molecule has 0 spiro atoms. The van der Waals surface area contributed by atoms with Crippen molar-refractivity contribution in [3.63, 3.8) is 0 Å². The van der Waals surface area contributed by atoms with Gasteiger partial charge in [-0.2, -0.15) is 0 Å². The molecule has 0 saturated heterocycles. The van der Waals surface area contributed by atoms with Gasteiger partial charge in [0.15, 0.2) is 0 Å². The molecule has 2 atom stereocenters. The molecular weight excluding hydrogens is 540 g/mol. The Morgan fingerprint density at radius 2 is 1.11 bits per heavy atom. The van der Waals surface area contributed by atoms with Crippen molar-refractivity contribution in [1.82, 2.24) is 20.6 Å². The first-order chi connectivity index (χ1) is 21.6. The van der Waals surface area contributed by atoms with Crippen LogP contribution in [0.4, 0.5) is 0 Å². The monoisotopic (exact) mass is 580 g/mol. The number of nitrogens with one attached hydrogen (secondary N) is 4. The van der Waals surface area contributed by atoms with Crippen LogP contribution >= 0.6 is 0 Å². The van der Waals surface area contributed by atoms with Gasteiger partial charge in [0, 0.05) is 47.6 Å². The van der Waals surface area contributed by atoms with Gasteiger partial charge >= 0.3 is 0 Å². The summed E-state index contributed by atoms with van der Waals surface area (Å²) in [4.78, 5) is 6.91. The maximum atomic E-state index is 5.27. The standard InChI is InChI=1S/C21H20N2.C18H20N2O/c1-15(19-11-6-9-16-7-2-4-10-20(16)19)22-14-18-13-17-8-3-5-12-21(17)23-18;1-13(14-7-5-8-17(11-14)21-2)19-12-16-10-15-6-3-4-9-18(15)20-16/h2-13,15,22-23H,14H2,1H3;3-11,13,19-20H,12H2,1-2H3/t;13-/m.1/s1. The number of hydrogen-bond acceptors (Lipinski definition) is 3. The Morgan fingerprint density at radius 3 is 1.75 bits per heavy atom. The molecule has 222 valence electrons. The SMILES string of the molecule is CC(NCc1cc2ccccc2[nH]1)c1cccc2ccccc12.COc1cccc([C@@H](C)NCc2cc3ccccc3[nH]2)c1. The van der Waals surface area contributed by atoms with Crippen LogP contribution in [0.2, 0.25) is 0 Å². The Morgan fingerprint density at radius 1 is 0.568 bits per heavy atom. The number of benzene rings is 5. The van der Waals surface area contributed by atoms with E-state index in [2.05, 4.69) is 150 Å². The molecule has 44 heavy (non-hydrogen) atoms. The highest BCUT2D eigenvalue weighted by molar-refractivity contribution is 5.86. The zero-order valence-corrected chi connectivity index (χ0v) is 25.6. The fourth-order valence-electron chi connectivity index (χ4n) is 5.75. The Labute approximate surface area is 259 Å². The lowest BCUT2D eigenvalue weighted by Gasteiger charge is -2.16. The first kappa shape index (κ1) is 29.2. The maximum Gasteiger partial charge on any atom is 0.119 e. The van der Waals surface area contributed by atoms with Gasteiger partial charge in [-0.25, -0.2) is 0 Å². The quantitative estimate of drug-likeness (QED) is 0.138. The molecule has 0 saturated carbocycles. The molecule has 5 aromatic carbocycles. The molecule has 0 bridgehead atoms. The molecule has 4 N–H and O–H groups in total. The number of H-pyrrole nitrogens is 2. The normalized spacial score (nSPS) is 12.6. The third-order valence-electron chi connectivity index (χ3n) is 8.25. The molecule has 0 fully saturated rings. The molecule has 7 rings (SSSR count). The minimum Gasteiger partial charge on any atom is -0.497 e. The van der Waals surface area contributed by atoms with E-state index in [1.54, 1.807) is 7.11 Å². The summed E-state index contributed by atoms with van der Waals surface area (Å²) in [5.41, 5.74) is 7.37. The van der Waals surface area contributed by atoms with Crippen LogP contribution in [-0.2, 0) is 13.1 Å². The van der Waals surface area contributed by atoms with Crippen molar-refractivity contribution < 1.29 is 4.74 Å². The second kappa shape index (κ2) is 13.6. The van der Waals surface area contributed by atoms with Crippen LogP contribution in [-0.4, -0.2) is 17.1 Å². The molecule has 0 aliphatic rings. The number of hydrogen-bond donors (Lipinski definition) is 4. The smallest absolute Gasteiger partial charge is 0.119 e. The van der Waals surface area contributed by atoms with Gasteiger partial charge < -0.3 is 25.3 Å². The van der Waals surface area contributed by atoms with Crippen LogP contribution in [0.25, 0.3) is 32.6 Å². The fraction of sp³-hybridized carbons (Fsp3) is 0.179. The van der Waals surface area contributed by atoms with Gasteiger partial charge in [0.05, 0.1) is 7.11 Å². The van der Waals surface area contributed by atoms with E-state index in [9.17, 15) is 0 Å². The van der Waals surface area contributed by atoms with Crippen molar-refractivity contribution in [3.8, 4) is 5.75 Å². The molecule has 1 unspecified atom stereocenters. The molecular formula is C39H40N4O. The van der Waals surface area contributed by atoms with Crippen molar-refractivity contribution >= 4 is 32.6 Å². The van der Waals surface area contributed by atoms with Crippen LogP contribution in [0, 0.1) is 0 Å². The Kier molecular flexibility index (Phi) is 9.06. The summed E-state index contributed by atoms with van der Waals surface area (Å²) < 4.78 is 5.27. The van der Waals surface area contributed by atoms with Gasteiger partial charge in [0.2, 0.25) is 0 Å². The molecule has 0 aliphatic heterocycles. The van der Waals surface area contributed by atoms with Crippen LogP contribution < -0.4 is 15.4 Å². The van der Waals surface area contributed by atoms with E-state index in [1.807, 2.05) is 12.1 Å². The molecule has 7 aromatic rings. The van der Waals surface area contributed by atoms with Crippen molar-refractivity contribution in [2.75, 3.05) is 7.11 Å². The van der Waals surface area contributed by atoms with Gasteiger partial charge in [-0.05, 0) is 82.9 Å². The van der Waals surface area contributed by atoms with Crippen molar-refractivity contribution in [1.29, 1.82) is 0 Å². The molecule has 5 nitrogen and oxygen atoms in total. The van der Waals surface area contributed by atoms with Gasteiger partial charge in [-0.1, -0.05) is 91.0 Å². The molecule has 5 heteroatoms. The summed E-state index contributed by atoms with van der Waals surface area (Å²) in [6, 6.07) is 45.0. The number of rotatable bonds is 9. The van der Waals surface area contributed by atoms with Crippen molar-refractivity contribution in [3.05, 3.63) is 150 Å². The highest BCUT2D eigenvalue weighted by Crippen LogP contribution is 2.25. The summed E-state index contributed by atoms with van der Waals surface area (Å²) >= 11 is 0. The van der Waals surface area contributed by atoms with Gasteiger partial charge in [-0.15, -0.1) is 0 Å². The first-order valence-corrected chi connectivity index (χ1v) is 15.3. The minimum absolute atomic E-state index is 0.270. The summed E-state index contributed by atoms with van der Waals surface area (Å²) in [7, 11) is 1.70. The summed E-state index contributed by atoms with van der Waals surface area (Å²) in [6.07, 6.45) is 0. The van der Waals surface area contributed by atoms with E-state index >= 15 is 0 Å². The third kappa shape index (κ3) is 6.86. The van der Waals surface area contributed by atoms with E-state index in [4.69, 9.17) is 4.74 Å². The summed E-state index contributed by atoms with van der Waals surface area (Å²) in [6.45, 7) is 6.04. The van der Waals surface area contributed by atoms with Crippen LogP contribution in [0.1, 0.15) is 48.4 Å². The van der Waals surface area contributed by atoms with Gasteiger partial charge in [0.25, 0.3) is 0 Å². The third-order valence-corrected chi connectivity index (χ3v) is 8.25. The van der Waals surface area contributed by atoms with Crippen molar-refractivity contribution in [2.24, 2.45) is 0 Å². The molecule has 0 aliphatic carbocycles. The number of ether oxygens (including phenoxy) is 1. The fourth-order valence-corrected chi connectivity index (χ4v) is 5.75. The number of methoxy groups -OCH3 is 1. The zero-order valence-electron chi connectivity index (χ0n) is 25.6. The first-order valence-electron chi connectivity index (χ1n) is 15.3. The number of para-hydroxylation sites is 2. The Hall–Kier alpha value is -4.84. The van der Waals surface area contributed by atoms with E-state index in [0.717, 1.165) is 18.8 Å². The zero-order chi connectivity index (χ0) is 30.3. The molecule has 2 heterocycles. The lowest BCUT2D eigenvalue weighted by atomic mass is 10.00. The summed E-state index contributed by atoms with van der Waals surface area (Å²) in [5, 5.41) is 12.3. The highest BCUT2D eigenvalue weighted by atomic mass is 16.5. The van der Waals surface area contributed by atoms with Crippen molar-refractivity contribution in [2.45, 2.75) is 39.0 Å². The van der Waals surface area contributed by atoms with Crippen LogP contribution in [0.15, 0.2) is 127 Å². The van der Waals surface area contributed by atoms with Gasteiger partial charge in [-0.3, -0.25) is 0 Å². The average molecular weight is 581 g/mol. The minimum atomic E-state index is 0.270. The Balaban J connectivity index is 0.000000157. The average Bonchev–Trinajstić information content (AvgIpc) is 3.70. The van der Waals surface area contributed by atoms with E-state index in [-0.39, 0.29) is 6.04 Å². The largest absolute Gasteiger partial charge is 0.497 e. The van der Waals surface area contributed by atoms with E-state index in [0.29, 0.717) is 6.04 Å². The van der Waals surface area contributed by atoms with Crippen LogP contribution in [0.5, 0.6) is 5.75 Å². The Bertz CT molecular complexity index is 1900. The van der Waals surface area contributed by atoms with E-state index < -0.39 is 0 Å².